The molecule has 0 radical (unpaired) electrons. The highest BCUT2D eigenvalue weighted by atomic mass is 16.3. The van der Waals surface area contributed by atoms with Gasteiger partial charge in [-0.25, -0.2) is 0 Å². The van der Waals surface area contributed by atoms with Crippen molar-refractivity contribution in [2.75, 3.05) is 32.8 Å². The zero-order chi connectivity index (χ0) is 15.4. The number of nitrogens with zero attached hydrogens (tertiary/aromatic N) is 4. The van der Waals surface area contributed by atoms with E-state index in [0.29, 0.717) is 13.0 Å². The van der Waals surface area contributed by atoms with Crippen molar-refractivity contribution in [3.63, 3.8) is 0 Å². The lowest BCUT2D eigenvalue weighted by Gasteiger charge is -2.34. The second-order valence-corrected chi connectivity index (χ2v) is 5.61. The zero-order valence-corrected chi connectivity index (χ0v) is 13.3. The maximum Gasteiger partial charge on any atom is 0.222 e. The molecule has 0 unspecified atom stereocenters. The number of hydrogen-bond acceptors (Lipinski definition) is 4. The number of aliphatic hydroxyl groups is 1. The standard InChI is InChI=1S/C15H26N4O2/c1-4-15(21)18-7-5-17(6-8-18)11-14-12(2)16-19(9-10-20)13(14)3/h20H,4-11H2,1-3H3. The lowest BCUT2D eigenvalue weighted by atomic mass is 10.1. The molecule has 1 N–H and O–H groups in total. The summed E-state index contributed by atoms with van der Waals surface area (Å²) in [5, 5.41) is 13.5. The first-order valence-corrected chi connectivity index (χ1v) is 7.70. The van der Waals surface area contributed by atoms with Crippen molar-refractivity contribution in [1.82, 2.24) is 19.6 Å². The molecule has 0 atom stereocenters. The van der Waals surface area contributed by atoms with Gasteiger partial charge in [-0.15, -0.1) is 0 Å². The molecule has 1 aromatic rings. The summed E-state index contributed by atoms with van der Waals surface area (Å²) >= 11 is 0. The molecular weight excluding hydrogens is 268 g/mol. The molecule has 0 aliphatic carbocycles. The summed E-state index contributed by atoms with van der Waals surface area (Å²) in [7, 11) is 0. The summed E-state index contributed by atoms with van der Waals surface area (Å²) in [6, 6.07) is 0. The summed E-state index contributed by atoms with van der Waals surface area (Å²) in [6.45, 7) is 11.0. The number of amides is 1. The van der Waals surface area contributed by atoms with Gasteiger partial charge in [-0.1, -0.05) is 6.92 Å². The number of aryl methyl sites for hydroxylation is 1. The SMILES string of the molecule is CCC(=O)N1CCN(Cc2c(C)nn(CCO)c2C)CC1. The second kappa shape index (κ2) is 7.04. The van der Waals surface area contributed by atoms with Crippen molar-refractivity contribution in [2.45, 2.75) is 40.3 Å². The third-order valence-electron chi connectivity index (χ3n) is 4.25. The summed E-state index contributed by atoms with van der Waals surface area (Å²) < 4.78 is 1.88. The van der Waals surface area contributed by atoms with Crippen LogP contribution < -0.4 is 0 Å². The van der Waals surface area contributed by atoms with Crippen LogP contribution in [0, 0.1) is 13.8 Å². The van der Waals surface area contributed by atoms with Gasteiger partial charge in [0.25, 0.3) is 0 Å². The number of piperazine rings is 1. The van der Waals surface area contributed by atoms with Gasteiger partial charge in [-0.3, -0.25) is 14.4 Å². The van der Waals surface area contributed by atoms with Crippen LogP contribution in [0.2, 0.25) is 0 Å². The fourth-order valence-electron chi connectivity index (χ4n) is 2.88. The Kier molecular flexibility index (Phi) is 5.36. The van der Waals surface area contributed by atoms with Crippen molar-refractivity contribution < 1.29 is 9.90 Å². The molecule has 1 amide bonds. The maximum atomic E-state index is 11.7. The van der Waals surface area contributed by atoms with E-state index in [1.165, 1.54) is 5.56 Å². The summed E-state index contributed by atoms with van der Waals surface area (Å²) in [4.78, 5) is 16.0. The lowest BCUT2D eigenvalue weighted by molar-refractivity contribution is -0.132. The molecule has 2 rings (SSSR count). The van der Waals surface area contributed by atoms with Gasteiger partial charge in [0.15, 0.2) is 0 Å². The minimum atomic E-state index is 0.110. The van der Waals surface area contributed by atoms with Gasteiger partial charge >= 0.3 is 0 Å². The third kappa shape index (κ3) is 3.63. The van der Waals surface area contributed by atoms with E-state index in [2.05, 4.69) is 16.9 Å². The minimum absolute atomic E-state index is 0.110. The highest BCUT2D eigenvalue weighted by Gasteiger charge is 2.22. The third-order valence-corrected chi connectivity index (χ3v) is 4.25. The fourth-order valence-corrected chi connectivity index (χ4v) is 2.88. The molecule has 0 spiro atoms. The molecule has 6 heteroatoms. The van der Waals surface area contributed by atoms with E-state index in [1.54, 1.807) is 0 Å². The Bertz CT molecular complexity index is 490. The van der Waals surface area contributed by atoms with Gasteiger partial charge in [0.1, 0.15) is 0 Å². The normalized spacial score (nSPS) is 16.5. The van der Waals surface area contributed by atoms with Crippen molar-refractivity contribution in [2.24, 2.45) is 0 Å². The van der Waals surface area contributed by atoms with Crippen LogP contribution >= 0.6 is 0 Å². The largest absolute Gasteiger partial charge is 0.394 e. The maximum absolute atomic E-state index is 11.7. The molecule has 2 heterocycles. The Labute approximate surface area is 126 Å². The molecule has 6 nitrogen and oxygen atoms in total. The molecular formula is C15H26N4O2. The summed E-state index contributed by atoms with van der Waals surface area (Å²) in [6.07, 6.45) is 0.589. The first-order valence-electron chi connectivity index (χ1n) is 7.70. The van der Waals surface area contributed by atoms with Gasteiger partial charge in [0.2, 0.25) is 5.91 Å². The van der Waals surface area contributed by atoms with Crippen molar-refractivity contribution in [3.05, 3.63) is 17.0 Å². The van der Waals surface area contributed by atoms with E-state index < -0.39 is 0 Å². The summed E-state index contributed by atoms with van der Waals surface area (Å²) in [5.74, 6) is 0.248. The molecule has 0 saturated carbocycles. The molecule has 1 aromatic heterocycles. The molecule has 0 aromatic carbocycles. The topological polar surface area (TPSA) is 61.6 Å². The fraction of sp³-hybridized carbons (Fsp3) is 0.733. The predicted octanol–water partition coefficient (Wildman–Crippen LogP) is 0.546. The number of aliphatic hydroxyl groups excluding tert-OH is 1. The van der Waals surface area contributed by atoms with Crippen LogP contribution in [0.1, 0.15) is 30.3 Å². The minimum Gasteiger partial charge on any atom is -0.394 e. The molecule has 1 aliphatic rings. The second-order valence-electron chi connectivity index (χ2n) is 5.61. The van der Waals surface area contributed by atoms with Crippen molar-refractivity contribution in [3.8, 4) is 0 Å². The van der Waals surface area contributed by atoms with Crippen LogP contribution in [0.3, 0.4) is 0 Å². The molecule has 0 bridgehead atoms. The van der Waals surface area contributed by atoms with Crippen molar-refractivity contribution in [1.29, 1.82) is 0 Å². The monoisotopic (exact) mass is 294 g/mol. The number of rotatable bonds is 5. The van der Waals surface area contributed by atoms with E-state index >= 15 is 0 Å². The molecule has 1 aliphatic heterocycles. The average molecular weight is 294 g/mol. The van der Waals surface area contributed by atoms with Crippen LogP contribution in [0.25, 0.3) is 0 Å². The molecule has 118 valence electrons. The van der Waals surface area contributed by atoms with Crippen LogP contribution in [0.15, 0.2) is 0 Å². The Morgan fingerprint density at radius 2 is 1.90 bits per heavy atom. The Morgan fingerprint density at radius 3 is 2.48 bits per heavy atom. The van der Waals surface area contributed by atoms with Crippen LogP contribution in [-0.2, 0) is 17.9 Å². The van der Waals surface area contributed by atoms with E-state index in [9.17, 15) is 4.79 Å². The first kappa shape index (κ1) is 16.0. The number of aromatic nitrogens is 2. The zero-order valence-electron chi connectivity index (χ0n) is 13.3. The van der Waals surface area contributed by atoms with E-state index in [4.69, 9.17) is 5.11 Å². The van der Waals surface area contributed by atoms with Gasteiger partial charge in [0.05, 0.1) is 18.8 Å². The van der Waals surface area contributed by atoms with Gasteiger partial charge in [-0.05, 0) is 13.8 Å². The summed E-state index contributed by atoms with van der Waals surface area (Å²) in [5.41, 5.74) is 3.42. The first-order chi connectivity index (χ1) is 10.1. The Balaban J connectivity index is 1.96. The number of hydrogen-bond donors (Lipinski definition) is 1. The quantitative estimate of drug-likeness (QED) is 0.861. The smallest absolute Gasteiger partial charge is 0.222 e. The molecule has 1 saturated heterocycles. The average Bonchev–Trinajstić information content (AvgIpc) is 2.75. The van der Waals surface area contributed by atoms with Crippen LogP contribution in [0.4, 0.5) is 0 Å². The van der Waals surface area contributed by atoms with Crippen LogP contribution in [-0.4, -0.2) is 63.4 Å². The van der Waals surface area contributed by atoms with E-state index in [0.717, 1.165) is 44.1 Å². The van der Waals surface area contributed by atoms with Crippen LogP contribution in [0.5, 0.6) is 0 Å². The predicted molar refractivity (Wildman–Crippen MR) is 80.9 cm³/mol. The van der Waals surface area contributed by atoms with E-state index in [-0.39, 0.29) is 12.5 Å². The highest BCUT2D eigenvalue weighted by Crippen LogP contribution is 2.17. The van der Waals surface area contributed by atoms with Crippen molar-refractivity contribution >= 4 is 5.91 Å². The Hall–Kier alpha value is -1.40. The van der Waals surface area contributed by atoms with Gasteiger partial charge < -0.3 is 10.0 Å². The lowest BCUT2D eigenvalue weighted by Crippen LogP contribution is -2.48. The van der Waals surface area contributed by atoms with E-state index in [1.807, 2.05) is 23.4 Å². The number of carbonyl (C=O) groups is 1. The van der Waals surface area contributed by atoms with Gasteiger partial charge in [0, 0.05) is 50.4 Å². The molecule has 1 fully saturated rings. The Morgan fingerprint density at radius 1 is 1.24 bits per heavy atom. The van der Waals surface area contributed by atoms with Gasteiger partial charge in [-0.2, -0.15) is 5.10 Å². The highest BCUT2D eigenvalue weighted by molar-refractivity contribution is 5.75. The number of carbonyl (C=O) groups excluding carboxylic acids is 1. The molecule has 21 heavy (non-hydrogen) atoms.